The average molecular weight is 262 g/mol. The molecule has 0 aliphatic carbocycles. The zero-order valence-electron chi connectivity index (χ0n) is 11.2. The molecule has 3 nitrogen and oxygen atoms in total. The second-order valence-electron chi connectivity index (χ2n) is 4.23. The van der Waals surface area contributed by atoms with Crippen LogP contribution in [0.1, 0.15) is 16.7 Å². The number of benzene rings is 2. The highest BCUT2D eigenvalue weighted by atomic mass is 16.5. The predicted octanol–water partition coefficient (Wildman–Crippen LogP) is 3.16. The number of hydrogen-bond acceptors (Lipinski definition) is 3. The lowest BCUT2D eigenvalue weighted by molar-refractivity contribution is 0.413. The van der Waals surface area contributed by atoms with Crippen molar-refractivity contribution in [3.05, 3.63) is 59.2 Å². The van der Waals surface area contributed by atoms with Gasteiger partial charge in [0.25, 0.3) is 0 Å². The molecule has 2 aromatic carbocycles. The first-order chi connectivity index (χ1) is 9.76. The van der Waals surface area contributed by atoms with Crippen molar-refractivity contribution in [3.63, 3.8) is 0 Å². The monoisotopic (exact) mass is 262 g/mol. The minimum atomic E-state index is 0.533. The Morgan fingerprint density at radius 1 is 1.25 bits per heavy atom. The van der Waals surface area contributed by atoms with E-state index in [1.54, 1.807) is 13.2 Å². The Balaban J connectivity index is 2.11. The number of hydrogen-bond donors (Lipinski definition) is 1. The molecule has 0 bridgehead atoms. The Kier molecular flexibility index (Phi) is 4.27. The molecule has 0 spiro atoms. The molecule has 0 aliphatic rings. The molecule has 0 fully saturated rings. The molecule has 0 saturated carbocycles. The van der Waals surface area contributed by atoms with E-state index in [0.717, 1.165) is 16.8 Å². The first-order valence-corrected chi connectivity index (χ1v) is 6.14. The first-order valence-electron chi connectivity index (χ1n) is 6.14. The van der Waals surface area contributed by atoms with E-state index < -0.39 is 0 Å². The summed E-state index contributed by atoms with van der Waals surface area (Å²) in [6.07, 6.45) is 5.37. The molecule has 3 heteroatoms. The molecule has 98 valence electrons. The van der Waals surface area contributed by atoms with E-state index >= 15 is 0 Å². The Hall–Kier alpha value is -2.91. The summed E-state index contributed by atoms with van der Waals surface area (Å²) in [6, 6.07) is 15.3. The van der Waals surface area contributed by atoms with Gasteiger partial charge in [-0.3, -0.25) is 0 Å². The van der Waals surface area contributed by atoms with E-state index in [2.05, 4.69) is 17.3 Å². The van der Waals surface area contributed by atoms with Crippen molar-refractivity contribution in [2.75, 3.05) is 12.4 Å². The molecule has 0 aromatic heterocycles. The van der Waals surface area contributed by atoms with Crippen LogP contribution < -0.4 is 10.1 Å². The fourth-order valence-electron chi connectivity index (χ4n) is 1.86. The standard InChI is InChI=1S/C17H14N2O/c1-3-13-5-4-6-16(9-13)19-12-14-7-8-15(11-18)17(10-14)20-2/h1,4-10,19H,12H2,2H3. The van der Waals surface area contributed by atoms with Gasteiger partial charge in [0.05, 0.1) is 12.7 Å². The van der Waals surface area contributed by atoms with Gasteiger partial charge in [0.15, 0.2) is 0 Å². The molecule has 0 saturated heterocycles. The Bertz CT molecular complexity index is 693. The second kappa shape index (κ2) is 6.31. The quantitative estimate of drug-likeness (QED) is 0.861. The van der Waals surface area contributed by atoms with Gasteiger partial charge in [-0.15, -0.1) is 6.42 Å². The van der Waals surface area contributed by atoms with Gasteiger partial charge < -0.3 is 10.1 Å². The summed E-state index contributed by atoms with van der Waals surface area (Å²) < 4.78 is 5.19. The van der Waals surface area contributed by atoms with Gasteiger partial charge in [-0.25, -0.2) is 0 Å². The highest BCUT2D eigenvalue weighted by Gasteiger charge is 2.03. The molecule has 0 amide bonds. The molecule has 1 N–H and O–H groups in total. The van der Waals surface area contributed by atoms with E-state index in [4.69, 9.17) is 16.4 Å². The topological polar surface area (TPSA) is 45.0 Å². The summed E-state index contributed by atoms with van der Waals surface area (Å²) in [5.74, 6) is 3.19. The fraction of sp³-hybridized carbons (Fsp3) is 0.118. The third-order valence-electron chi connectivity index (χ3n) is 2.91. The molecule has 0 aliphatic heterocycles. The van der Waals surface area contributed by atoms with Crippen molar-refractivity contribution in [2.45, 2.75) is 6.54 Å². The van der Waals surface area contributed by atoms with Crippen LogP contribution in [-0.4, -0.2) is 7.11 Å². The highest BCUT2D eigenvalue weighted by Crippen LogP contribution is 2.20. The van der Waals surface area contributed by atoms with E-state index in [1.165, 1.54) is 0 Å². The van der Waals surface area contributed by atoms with Gasteiger partial charge in [0.1, 0.15) is 11.8 Å². The SMILES string of the molecule is C#Cc1cccc(NCc2ccc(C#N)c(OC)c2)c1. The normalized spacial score (nSPS) is 9.35. The zero-order chi connectivity index (χ0) is 14.4. The maximum absolute atomic E-state index is 8.94. The Labute approximate surface area is 118 Å². The number of nitrogens with one attached hydrogen (secondary N) is 1. The van der Waals surface area contributed by atoms with Crippen LogP contribution in [0.2, 0.25) is 0 Å². The van der Waals surface area contributed by atoms with Crippen molar-refractivity contribution < 1.29 is 4.74 Å². The maximum atomic E-state index is 8.94. The predicted molar refractivity (Wildman–Crippen MR) is 79.4 cm³/mol. The minimum absolute atomic E-state index is 0.533. The molecule has 0 unspecified atom stereocenters. The molecular weight excluding hydrogens is 248 g/mol. The van der Waals surface area contributed by atoms with Crippen LogP contribution in [0.4, 0.5) is 5.69 Å². The van der Waals surface area contributed by atoms with Crippen LogP contribution in [-0.2, 0) is 6.54 Å². The van der Waals surface area contributed by atoms with Crippen LogP contribution in [0.5, 0.6) is 5.75 Å². The fourth-order valence-corrected chi connectivity index (χ4v) is 1.86. The van der Waals surface area contributed by atoms with Gasteiger partial charge in [0.2, 0.25) is 0 Å². The number of nitriles is 1. The second-order valence-corrected chi connectivity index (χ2v) is 4.23. The lowest BCUT2D eigenvalue weighted by Gasteiger charge is -2.09. The van der Waals surface area contributed by atoms with Crippen molar-refractivity contribution in [3.8, 4) is 24.2 Å². The number of terminal acetylenes is 1. The van der Waals surface area contributed by atoms with Crippen LogP contribution >= 0.6 is 0 Å². The molecule has 0 radical (unpaired) electrons. The highest BCUT2D eigenvalue weighted by molar-refractivity contribution is 5.51. The van der Waals surface area contributed by atoms with Crippen LogP contribution in [0.15, 0.2) is 42.5 Å². The average Bonchev–Trinajstić information content (AvgIpc) is 2.52. The lowest BCUT2D eigenvalue weighted by Crippen LogP contribution is -2.00. The van der Waals surface area contributed by atoms with Gasteiger partial charge in [-0.1, -0.05) is 18.1 Å². The van der Waals surface area contributed by atoms with Crippen LogP contribution in [0, 0.1) is 23.7 Å². The number of ether oxygens (including phenoxy) is 1. The first kappa shape index (κ1) is 13.5. The number of methoxy groups -OCH3 is 1. The molecule has 2 rings (SSSR count). The largest absolute Gasteiger partial charge is 0.495 e. The number of anilines is 1. The molecule has 0 heterocycles. The molecule has 2 aromatic rings. The van der Waals surface area contributed by atoms with Crippen LogP contribution in [0.3, 0.4) is 0 Å². The maximum Gasteiger partial charge on any atom is 0.136 e. The Morgan fingerprint density at radius 2 is 2.10 bits per heavy atom. The summed E-state index contributed by atoms with van der Waals surface area (Å²) in [5, 5.41) is 12.2. The third kappa shape index (κ3) is 3.10. The lowest BCUT2D eigenvalue weighted by atomic mass is 10.1. The zero-order valence-corrected chi connectivity index (χ0v) is 11.2. The van der Waals surface area contributed by atoms with E-state index in [0.29, 0.717) is 17.9 Å². The van der Waals surface area contributed by atoms with Crippen molar-refractivity contribution in [1.29, 1.82) is 5.26 Å². The molecule has 20 heavy (non-hydrogen) atoms. The van der Waals surface area contributed by atoms with E-state index in [1.807, 2.05) is 36.4 Å². The Morgan fingerprint density at radius 3 is 2.80 bits per heavy atom. The summed E-state index contributed by atoms with van der Waals surface area (Å²) in [5.41, 5.74) is 3.37. The van der Waals surface area contributed by atoms with Crippen LogP contribution in [0.25, 0.3) is 0 Å². The molecule has 0 atom stereocenters. The minimum Gasteiger partial charge on any atom is -0.495 e. The van der Waals surface area contributed by atoms with Crippen molar-refractivity contribution in [2.24, 2.45) is 0 Å². The summed E-state index contributed by atoms with van der Waals surface area (Å²) in [4.78, 5) is 0. The van der Waals surface area contributed by atoms with Gasteiger partial charge in [-0.2, -0.15) is 5.26 Å². The van der Waals surface area contributed by atoms with Gasteiger partial charge in [-0.05, 0) is 35.9 Å². The van der Waals surface area contributed by atoms with E-state index in [9.17, 15) is 0 Å². The van der Waals surface area contributed by atoms with Gasteiger partial charge in [0, 0.05) is 17.8 Å². The summed E-state index contributed by atoms with van der Waals surface area (Å²) >= 11 is 0. The van der Waals surface area contributed by atoms with Crippen molar-refractivity contribution in [1.82, 2.24) is 0 Å². The van der Waals surface area contributed by atoms with Gasteiger partial charge >= 0.3 is 0 Å². The van der Waals surface area contributed by atoms with E-state index in [-0.39, 0.29) is 0 Å². The number of rotatable bonds is 4. The van der Waals surface area contributed by atoms with Crippen molar-refractivity contribution >= 4 is 5.69 Å². The smallest absolute Gasteiger partial charge is 0.136 e. The summed E-state index contributed by atoms with van der Waals surface area (Å²) in [6.45, 7) is 0.635. The summed E-state index contributed by atoms with van der Waals surface area (Å²) in [7, 11) is 1.56. The molecular formula is C17H14N2O. The number of nitrogens with zero attached hydrogens (tertiary/aromatic N) is 1. The third-order valence-corrected chi connectivity index (χ3v) is 2.91.